The summed E-state index contributed by atoms with van der Waals surface area (Å²) in [7, 11) is 0. The molecule has 0 bridgehead atoms. The van der Waals surface area contributed by atoms with E-state index in [0.717, 1.165) is 17.1 Å². The summed E-state index contributed by atoms with van der Waals surface area (Å²) in [6.45, 7) is 2.01. The zero-order chi connectivity index (χ0) is 8.81. The molecule has 0 saturated carbocycles. The third kappa shape index (κ3) is 2.86. The summed E-state index contributed by atoms with van der Waals surface area (Å²) >= 11 is 5.77. The highest BCUT2D eigenvalue weighted by Crippen LogP contribution is 2.13. The van der Waals surface area contributed by atoms with Gasteiger partial charge in [0, 0.05) is 23.2 Å². The van der Waals surface area contributed by atoms with E-state index >= 15 is 0 Å². The third-order valence-corrected chi connectivity index (χ3v) is 1.53. The highest BCUT2D eigenvalue weighted by atomic mass is 35.5. The molecule has 1 rings (SSSR count). The van der Waals surface area contributed by atoms with Crippen molar-refractivity contribution in [1.82, 2.24) is 0 Å². The summed E-state index contributed by atoms with van der Waals surface area (Å²) in [5.41, 5.74) is 0.934. The van der Waals surface area contributed by atoms with Gasteiger partial charge in [0.25, 0.3) is 0 Å². The maximum absolute atomic E-state index is 5.77. The van der Waals surface area contributed by atoms with Crippen molar-refractivity contribution in [2.75, 3.05) is 5.32 Å². The average Bonchev–Trinajstić information content (AvgIpc) is 2.05. The van der Waals surface area contributed by atoms with E-state index in [1.807, 2.05) is 31.2 Å². The fourth-order valence-corrected chi connectivity index (χ4v) is 0.961. The molecule has 2 heteroatoms. The normalized spacial score (nSPS) is 8.50. The highest BCUT2D eigenvalue weighted by Gasteiger charge is 1.88. The first-order chi connectivity index (χ1) is 5.83. The molecule has 1 aromatic carbocycles. The second-order valence-electron chi connectivity index (χ2n) is 2.29. The molecule has 0 radical (unpaired) electrons. The summed E-state index contributed by atoms with van der Waals surface area (Å²) in [6, 6.07) is 10.3. The Kier molecular flexibility index (Phi) is 3.50. The van der Waals surface area contributed by atoms with Gasteiger partial charge in [0.15, 0.2) is 0 Å². The van der Waals surface area contributed by atoms with Gasteiger partial charge in [0.2, 0.25) is 0 Å². The van der Waals surface area contributed by atoms with E-state index in [9.17, 15) is 0 Å². The van der Waals surface area contributed by atoms with Crippen molar-refractivity contribution >= 4 is 17.3 Å². The molecule has 62 valence electrons. The monoisotopic (exact) mass is 179 g/mol. The Morgan fingerprint density at radius 1 is 1.50 bits per heavy atom. The van der Waals surface area contributed by atoms with E-state index in [0.29, 0.717) is 0 Å². The second kappa shape index (κ2) is 4.69. The summed E-state index contributed by atoms with van der Waals surface area (Å²) < 4.78 is 0. The Bertz CT molecular complexity index is 309. The first-order valence-electron chi connectivity index (χ1n) is 3.82. The lowest BCUT2D eigenvalue weighted by Crippen LogP contribution is -1.86. The molecular weight excluding hydrogens is 170 g/mol. The Morgan fingerprint density at radius 3 is 3.00 bits per heavy atom. The molecule has 0 fully saturated rings. The predicted octanol–water partition coefficient (Wildman–Crippen LogP) is 3.12. The van der Waals surface area contributed by atoms with Crippen LogP contribution in [0, 0.1) is 12.0 Å². The van der Waals surface area contributed by atoms with Crippen LogP contribution in [0.3, 0.4) is 0 Å². The van der Waals surface area contributed by atoms with Crippen molar-refractivity contribution in [1.29, 1.82) is 0 Å². The molecule has 0 aliphatic carbocycles. The van der Waals surface area contributed by atoms with E-state index < -0.39 is 0 Å². The maximum Gasteiger partial charge on any atom is 0.0473 e. The van der Waals surface area contributed by atoms with Gasteiger partial charge < -0.3 is 5.32 Å². The molecule has 1 nitrogen and oxygen atoms in total. The van der Waals surface area contributed by atoms with E-state index in [2.05, 4.69) is 17.3 Å². The van der Waals surface area contributed by atoms with Crippen LogP contribution in [0.1, 0.15) is 13.3 Å². The molecule has 12 heavy (non-hydrogen) atoms. The van der Waals surface area contributed by atoms with E-state index in [1.165, 1.54) is 0 Å². The van der Waals surface area contributed by atoms with Crippen LogP contribution in [0.5, 0.6) is 0 Å². The van der Waals surface area contributed by atoms with Gasteiger partial charge in [-0.1, -0.05) is 30.5 Å². The number of halogens is 1. The zero-order valence-electron chi connectivity index (χ0n) is 6.89. The van der Waals surface area contributed by atoms with Crippen molar-refractivity contribution in [2.45, 2.75) is 13.3 Å². The average molecular weight is 180 g/mol. The van der Waals surface area contributed by atoms with Crippen molar-refractivity contribution in [3.8, 4) is 12.0 Å². The highest BCUT2D eigenvalue weighted by molar-refractivity contribution is 6.30. The molecule has 0 unspecified atom stereocenters. The minimum atomic E-state index is 0.721. The number of benzene rings is 1. The van der Waals surface area contributed by atoms with Crippen molar-refractivity contribution < 1.29 is 0 Å². The summed E-state index contributed by atoms with van der Waals surface area (Å²) in [5, 5.41) is 3.66. The third-order valence-electron chi connectivity index (χ3n) is 1.30. The standard InChI is InChI=1S/C10H10ClN/c1-2-3-7-12-10-6-4-5-9(11)8-10/h4-6,8,12H,2H2,1H3. The first-order valence-corrected chi connectivity index (χ1v) is 4.20. The molecule has 1 aromatic rings. The molecule has 0 atom stereocenters. The molecule has 0 aliphatic heterocycles. The maximum atomic E-state index is 5.77. The molecular formula is C10H10ClN. The molecule has 0 heterocycles. The number of anilines is 1. The Balaban J connectivity index is 2.63. The van der Waals surface area contributed by atoms with Gasteiger partial charge in [0.1, 0.15) is 0 Å². The number of hydrogen-bond acceptors (Lipinski definition) is 1. The molecule has 0 spiro atoms. The van der Waals surface area contributed by atoms with Crippen LogP contribution in [-0.4, -0.2) is 0 Å². The molecule has 1 N–H and O–H groups in total. The van der Waals surface area contributed by atoms with Crippen molar-refractivity contribution in [3.05, 3.63) is 29.3 Å². The quantitative estimate of drug-likeness (QED) is 0.516. The minimum absolute atomic E-state index is 0.721. The minimum Gasteiger partial charge on any atom is -0.315 e. The van der Waals surface area contributed by atoms with Crippen molar-refractivity contribution in [3.63, 3.8) is 0 Å². The van der Waals surface area contributed by atoms with E-state index in [4.69, 9.17) is 11.6 Å². The van der Waals surface area contributed by atoms with Crippen LogP contribution in [0.25, 0.3) is 0 Å². The largest absolute Gasteiger partial charge is 0.315 e. The topological polar surface area (TPSA) is 12.0 Å². The summed E-state index contributed by atoms with van der Waals surface area (Å²) in [6.07, 6.45) is 0.855. The van der Waals surface area contributed by atoms with E-state index in [1.54, 1.807) is 0 Å². The SMILES string of the molecule is CCC#CNc1cccc(Cl)c1. The van der Waals surface area contributed by atoms with Crippen LogP contribution in [0.2, 0.25) is 5.02 Å². The van der Waals surface area contributed by atoms with Gasteiger partial charge in [-0.2, -0.15) is 0 Å². The van der Waals surface area contributed by atoms with Gasteiger partial charge in [0.05, 0.1) is 0 Å². The van der Waals surface area contributed by atoms with Crippen LogP contribution in [0.4, 0.5) is 5.69 Å². The lowest BCUT2D eigenvalue weighted by molar-refractivity contribution is 1.28. The Labute approximate surface area is 77.7 Å². The van der Waals surface area contributed by atoms with Crippen molar-refractivity contribution in [2.24, 2.45) is 0 Å². The lowest BCUT2D eigenvalue weighted by atomic mass is 10.3. The van der Waals surface area contributed by atoms with Gasteiger partial charge in [-0.3, -0.25) is 0 Å². The summed E-state index contributed by atoms with van der Waals surface area (Å²) in [4.78, 5) is 0. The molecule has 0 amide bonds. The number of hydrogen-bond donors (Lipinski definition) is 1. The van der Waals surface area contributed by atoms with E-state index in [-0.39, 0.29) is 0 Å². The Hall–Kier alpha value is -1.13. The number of nitrogens with one attached hydrogen (secondary N) is 1. The molecule has 0 aromatic heterocycles. The van der Waals surface area contributed by atoms with Crippen LogP contribution in [0.15, 0.2) is 24.3 Å². The Morgan fingerprint density at radius 2 is 2.33 bits per heavy atom. The summed E-state index contributed by atoms with van der Waals surface area (Å²) in [5.74, 6) is 2.91. The van der Waals surface area contributed by atoms with Gasteiger partial charge in [-0.15, -0.1) is 0 Å². The zero-order valence-corrected chi connectivity index (χ0v) is 7.65. The van der Waals surface area contributed by atoms with Gasteiger partial charge >= 0.3 is 0 Å². The van der Waals surface area contributed by atoms with Gasteiger partial charge in [-0.25, -0.2) is 0 Å². The van der Waals surface area contributed by atoms with Gasteiger partial charge in [-0.05, 0) is 18.2 Å². The second-order valence-corrected chi connectivity index (χ2v) is 2.73. The molecule has 0 aliphatic rings. The predicted molar refractivity (Wildman–Crippen MR) is 53.1 cm³/mol. The fraction of sp³-hybridized carbons (Fsp3) is 0.200. The van der Waals surface area contributed by atoms with Crippen LogP contribution >= 0.6 is 11.6 Å². The van der Waals surface area contributed by atoms with Crippen LogP contribution < -0.4 is 5.32 Å². The first kappa shape index (κ1) is 8.96. The molecule has 0 saturated heterocycles. The lowest BCUT2D eigenvalue weighted by Gasteiger charge is -1.96. The number of rotatable bonds is 1. The smallest absolute Gasteiger partial charge is 0.0473 e. The fourth-order valence-electron chi connectivity index (χ4n) is 0.771. The van der Waals surface area contributed by atoms with Crippen LogP contribution in [-0.2, 0) is 0 Å².